The highest BCUT2D eigenvalue weighted by Gasteiger charge is 2.41. The van der Waals surface area contributed by atoms with E-state index in [-0.39, 0.29) is 5.60 Å². The lowest BCUT2D eigenvalue weighted by Gasteiger charge is -2.48. The van der Waals surface area contributed by atoms with Crippen molar-refractivity contribution in [3.63, 3.8) is 0 Å². The molecule has 0 bridgehead atoms. The monoisotopic (exact) mass is 211 g/mol. The Morgan fingerprint density at radius 1 is 1.33 bits per heavy atom. The van der Waals surface area contributed by atoms with Gasteiger partial charge in [0.1, 0.15) is 0 Å². The minimum Gasteiger partial charge on any atom is -0.372 e. The van der Waals surface area contributed by atoms with E-state index < -0.39 is 0 Å². The van der Waals surface area contributed by atoms with E-state index in [9.17, 15) is 0 Å². The van der Waals surface area contributed by atoms with Gasteiger partial charge in [-0.3, -0.25) is 0 Å². The van der Waals surface area contributed by atoms with Crippen molar-refractivity contribution in [3.8, 4) is 0 Å². The van der Waals surface area contributed by atoms with Crippen molar-refractivity contribution in [2.75, 3.05) is 13.2 Å². The predicted molar refractivity (Wildman–Crippen MR) is 63.0 cm³/mol. The van der Waals surface area contributed by atoms with Gasteiger partial charge in [0.2, 0.25) is 0 Å². The van der Waals surface area contributed by atoms with E-state index in [1.807, 2.05) is 0 Å². The molecule has 1 unspecified atom stereocenters. The first-order chi connectivity index (χ1) is 7.08. The van der Waals surface area contributed by atoms with Gasteiger partial charge in [-0.2, -0.15) is 0 Å². The SMILES string of the molecule is CCC1(C)CNC2(CCC(C)CC2)CO1. The molecule has 0 radical (unpaired) electrons. The summed E-state index contributed by atoms with van der Waals surface area (Å²) >= 11 is 0. The lowest BCUT2D eigenvalue weighted by molar-refractivity contribution is -0.110. The minimum atomic E-state index is 0.0777. The summed E-state index contributed by atoms with van der Waals surface area (Å²) < 4.78 is 6.08. The van der Waals surface area contributed by atoms with Crippen LogP contribution in [0.4, 0.5) is 0 Å². The molecule has 1 atom stereocenters. The van der Waals surface area contributed by atoms with Gasteiger partial charge in [-0.15, -0.1) is 0 Å². The normalized spacial score (nSPS) is 47.0. The lowest BCUT2D eigenvalue weighted by atomic mass is 9.76. The summed E-state index contributed by atoms with van der Waals surface area (Å²) in [5.74, 6) is 0.914. The standard InChI is InChI=1S/C13H25NO/c1-4-12(3)9-14-13(10-15-12)7-5-11(2)6-8-13/h11,14H,4-10H2,1-3H3. The molecular weight excluding hydrogens is 186 g/mol. The molecule has 2 nitrogen and oxygen atoms in total. The van der Waals surface area contributed by atoms with Crippen LogP contribution in [0.15, 0.2) is 0 Å². The molecule has 1 saturated carbocycles. The van der Waals surface area contributed by atoms with E-state index in [2.05, 4.69) is 26.1 Å². The van der Waals surface area contributed by atoms with Crippen molar-refractivity contribution in [1.82, 2.24) is 5.32 Å². The highest BCUT2D eigenvalue weighted by atomic mass is 16.5. The van der Waals surface area contributed by atoms with Crippen LogP contribution in [0.3, 0.4) is 0 Å². The molecule has 2 rings (SSSR count). The lowest BCUT2D eigenvalue weighted by Crippen LogP contribution is -2.62. The molecular formula is C13H25NO. The topological polar surface area (TPSA) is 21.3 Å². The second kappa shape index (κ2) is 4.06. The Morgan fingerprint density at radius 2 is 2.00 bits per heavy atom. The zero-order chi connectivity index (χ0) is 10.9. The van der Waals surface area contributed by atoms with Gasteiger partial charge in [-0.1, -0.05) is 13.8 Å². The zero-order valence-corrected chi connectivity index (χ0v) is 10.4. The summed E-state index contributed by atoms with van der Waals surface area (Å²) in [5.41, 5.74) is 0.398. The second-order valence-electron chi connectivity index (χ2n) is 5.91. The van der Waals surface area contributed by atoms with Crippen molar-refractivity contribution in [2.45, 2.75) is 64.0 Å². The van der Waals surface area contributed by atoms with Crippen LogP contribution in [-0.4, -0.2) is 24.3 Å². The largest absolute Gasteiger partial charge is 0.372 e. The molecule has 1 aliphatic carbocycles. The maximum Gasteiger partial charge on any atom is 0.0776 e. The van der Waals surface area contributed by atoms with E-state index in [1.54, 1.807) is 0 Å². The molecule has 2 heteroatoms. The smallest absolute Gasteiger partial charge is 0.0776 e. The van der Waals surface area contributed by atoms with Crippen LogP contribution < -0.4 is 5.32 Å². The molecule has 0 aromatic rings. The average molecular weight is 211 g/mol. The quantitative estimate of drug-likeness (QED) is 0.720. The molecule has 0 aromatic carbocycles. The number of hydrogen-bond acceptors (Lipinski definition) is 2. The Kier molecular flexibility index (Phi) is 3.09. The first-order valence-electron chi connectivity index (χ1n) is 6.47. The second-order valence-corrected chi connectivity index (χ2v) is 5.91. The van der Waals surface area contributed by atoms with Crippen LogP contribution in [0.2, 0.25) is 0 Å². The number of ether oxygens (including phenoxy) is 1. The Balaban J connectivity index is 1.92. The van der Waals surface area contributed by atoms with Gasteiger partial charge in [0.15, 0.2) is 0 Å². The molecule has 1 saturated heterocycles. The fourth-order valence-electron chi connectivity index (χ4n) is 2.65. The third kappa shape index (κ3) is 2.36. The fraction of sp³-hybridized carbons (Fsp3) is 1.00. The maximum atomic E-state index is 6.08. The summed E-state index contributed by atoms with van der Waals surface area (Å²) in [6.07, 6.45) is 6.42. The Hall–Kier alpha value is -0.0800. The molecule has 88 valence electrons. The van der Waals surface area contributed by atoms with Crippen LogP contribution in [0.25, 0.3) is 0 Å². The highest BCUT2D eigenvalue weighted by molar-refractivity contribution is 4.98. The first-order valence-corrected chi connectivity index (χ1v) is 6.47. The van der Waals surface area contributed by atoms with Gasteiger partial charge in [0.25, 0.3) is 0 Å². The maximum absolute atomic E-state index is 6.08. The van der Waals surface area contributed by atoms with Crippen molar-refractivity contribution in [2.24, 2.45) is 5.92 Å². The molecule has 2 aliphatic rings. The predicted octanol–water partition coefficient (Wildman–Crippen LogP) is 2.72. The first kappa shape index (κ1) is 11.4. The van der Waals surface area contributed by atoms with Crippen molar-refractivity contribution in [3.05, 3.63) is 0 Å². The van der Waals surface area contributed by atoms with E-state index in [1.165, 1.54) is 25.7 Å². The third-order valence-electron chi connectivity index (χ3n) is 4.51. The Labute approximate surface area is 93.8 Å². The van der Waals surface area contributed by atoms with Gasteiger partial charge in [0.05, 0.1) is 12.2 Å². The molecule has 0 aromatic heterocycles. The van der Waals surface area contributed by atoms with E-state index in [0.717, 1.165) is 25.5 Å². The molecule has 1 N–H and O–H groups in total. The van der Waals surface area contributed by atoms with Gasteiger partial charge in [-0.25, -0.2) is 0 Å². The van der Waals surface area contributed by atoms with Crippen molar-refractivity contribution >= 4 is 0 Å². The van der Waals surface area contributed by atoms with E-state index in [0.29, 0.717) is 5.54 Å². The number of morpholine rings is 1. The summed E-state index contributed by atoms with van der Waals surface area (Å²) in [4.78, 5) is 0. The number of nitrogens with one attached hydrogen (secondary N) is 1. The van der Waals surface area contributed by atoms with Crippen LogP contribution >= 0.6 is 0 Å². The summed E-state index contributed by atoms with van der Waals surface area (Å²) in [6, 6.07) is 0. The van der Waals surface area contributed by atoms with E-state index in [4.69, 9.17) is 4.74 Å². The fourth-order valence-corrected chi connectivity index (χ4v) is 2.65. The van der Waals surface area contributed by atoms with Crippen LogP contribution in [0.1, 0.15) is 52.9 Å². The van der Waals surface area contributed by atoms with Crippen molar-refractivity contribution < 1.29 is 4.74 Å². The molecule has 1 spiro atoms. The Morgan fingerprint density at radius 3 is 2.47 bits per heavy atom. The van der Waals surface area contributed by atoms with E-state index >= 15 is 0 Å². The van der Waals surface area contributed by atoms with Crippen molar-refractivity contribution in [1.29, 1.82) is 0 Å². The summed E-state index contributed by atoms with van der Waals surface area (Å²) in [6.45, 7) is 8.75. The highest BCUT2D eigenvalue weighted by Crippen LogP contribution is 2.36. The molecule has 0 amide bonds. The zero-order valence-electron chi connectivity index (χ0n) is 10.4. The summed E-state index contributed by atoms with van der Waals surface area (Å²) in [7, 11) is 0. The van der Waals surface area contributed by atoms with Gasteiger partial charge in [0, 0.05) is 12.1 Å². The number of rotatable bonds is 1. The number of hydrogen-bond donors (Lipinski definition) is 1. The molecule has 1 aliphatic heterocycles. The van der Waals surface area contributed by atoms with Gasteiger partial charge >= 0.3 is 0 Å². The molecule has 1 heterocycles. The average Bonchev–Trinajstić information content (AvgIpc) is 2.27. The summed E-state index contributed by atoms with van der Waals surface area (Å²) in [5, 5.41) is 3.77. The minimum absolute atomic E-state index is 0.0777. The third-order valence-corrected chi connectivity index (χ3v) is 4.51. The van der Waals surface area contributed by atoms with Crippen LogP contribution in [-0.2, 0) is 4.74 Å². The van der Waals surface area contributed by atoms with Gasteiger partial charge in [-0.05, 0) is 44.9 Å². The Bertz CT molecular complexity index is 209. The molecule has 2 fully saturated rings. The van der Waals surface area contributed by atoms with Gasteiger partial charge < -0.3 is 10.1 Å². The molecule has 15 heavy (non-hydrogen) atoms. The van der Waals surface area contributed by atoms with Crippen LogP contribution in [0, 0.1) is 5.92 Å². The van der Waals surface area contributed by atoms with Crippen LogP contribution in [0.5, 0.6) is 0 Å².